The van der Waals surface area contributed by atoms with Crippen molar-refractivity contribution >= 4 is 0 Å². The summed E-state index contributed by atoms with van der Waals surface area (Å²) in [6.07, 6.45) is 0. The van der Waals surface area contributed by atoms with E-state index < -0.39 is 5.82 Å². The summed E-state index contributed by atoms with van der Waals surface area (Å²) in [6, 6.07) is 2.92. The number of hydrogen-bond donors (Lipinski definition) is 1. The molecule has 3 nitrogen and oxygen atoms in total. The number of halogens is 1. The lowest BCUT2D eigenvalue weighted by molar-refractivity contribution is 0.269. The first-order valence-electron chi connectivity index (χ1n) is 4.33. The summed E-state index contributed by atoms with van der Waals surface area (Å²) >= 11 is 0. The SMILES string of the molecule is CCOc1cc(CO)c(F)c(OC)c1. The summed E-state index contributed by atoms with van der Waals surface area (Å²) in [6.45, 7) is 1.94. The Labute approximate surface area is 82.1 Å². The molecular formula is C10H13FO3. The first-order chi connectivity index (χ1) is 6.72. The van der Waals surface area contributed by atoms with Gasteiger partial charge in [0.05, 0.1) is 20.3 Å². The van der Waals surface area contributed by atoms with Gasteiger partial charge in [0.25, 0.3) is 0 Å². The highest BCUT2D eigenvalue weighted by Gasteiger charge is 2.10. The maximum atomic E-state index is 13.4. The third-order valence-electron chi connectivity index (χ3n) is 1.79. The topological polar surface area (TPSA) is 38.7 Å². The largest absolute Gasteiger partial charge is 0.494 e. The van der Waals surface area contributed by atoms with Gasteiger partial charge < -0.3 is 14.6 Å². The molecule has 4 heteroatoms. The molecule has 78 valence electrons. The van der Waals surface area contributed by atoms with Crippen molar-refractivity contribution in [1.82, 2.24) is 0 Å². The molecule has 1 rings (SSSR count). The molecule has 0 fully saturated rings. The van der Waals surface area contributed by atoms with E-state index in [2.05, 4.69) is 0 Å². The number of rotatable bonds is 4. The number of benzene rings is 1. The fourth-order valence-corrected chi connectivity index (χ4v) is 1.14. The van der Waals surface area contributed by atoms with E-state index >= 15 is 0 Å². The fraction of sp³-hybridized carbons (Fsp3) is 0.400. The van der Waals surface area contributed by atoms with E-state index in [1.54, 1.807) is 0 Å². The molecule has 0 aromatic heterocycles. The first kappa shape index (κ1) is 10.8. The van der Waals surface area contributed by atoms with E-state index in [0.717, 1.165) is 0 Å². The third-order valence-corrected chi connectivity index (χ3v) is 1.79. The Bertz CT molecular complexity index is 287. The monoisotopic (exact) mass is 200 g/mol. The van der Waals surface area contributed by atoms with Gasteiger partial charge in [-0.25, -0.2) is 4.39 Å². The van der Waals surface area contributed by atoms with Gasteiger partial charge in [-0.05, 0) is 13.0 Å². The van der Waals surface area contributed by atoms with Gasteiger partial charge in [-0.2, -0.15) is 0 Å². The van der Waals surface area contributed by atoms with Crippen LogP contribution in [-0.2, 0) is 6.61 Å². The summed E-state index contributed by atoms with van der Waals surface area (Å²) in [5.74, 6) is 0.0354. The van der Waals surface area contributed by atoms with E-state index in [1.807, 2.05) is 6.92 Å². The van der Waals surface area contributed by atoms with Crippen molar-refractivity contribution in [2.24, 2.45) is 0 Å². The highest BCUT2D eigenvalue weighted by molar-refractivity contribution is 5.39. The second-order valence-electron chi connectivity index (χ2n) is 2.69. The van der Waals surface area contributed by atoms with Gasteiger partial charge in [-0.1, -0.05) is 0 Å². The van der Waals surface area contributed by atoms with Crippen LogP contribution < -0.4 is 9.47 Å². The minimum Gasteiger partial charge on any atom is -0.494 e. The Balaban J connectivity index is 3.11. The van der Waals surface area contributed by atoms with E-state index in [4.69, 9.17) is 14.6 Å². The molecule has 0 heterocycles. The second kappa shape index (κ2) is 4.81. The molecule has 0 atom stereocenters. The molecule has 0 spiro atoms. The number of aliphatic hydroxyl groups excluding tert-OH is 1. The van der Waals surface area contributed by atoms with Crippen molar-refractivity contribution in [2.45, 2.75) is 13.5 Å². The lowest BCUT2D eigenvalue weighted by Crippen LogP contribution is -1.98. The predicted octanol–water partition coefficient (Wildman–Crippen LogP) is 1.73. The molecule has 0 aliphatic carbocycles. The Morgan fingerprint density at radius 3 is 2.64 bits per heavy atom. The van der Waals surface area contributed by atoms with Gasteiger partial charge >= 0.3 is 0 Å². The van der Waals surface area contributed by atoms with Crippen LogP contribution in [0.4, 0.5) is 4.39 Å². The Morgan fingerprint density at radius 1 is 1.43 bits per heavy atom. The molecule has 1 aromatic carbocycles. The molecule has 0 aliphatic heterocycles. The van der Waals surface area contributed by atoms with Crippen LogP contribution in [0.2, 0.25) is 0 Å². The van der Waals surface area contributed by atoms with E-state index in [0.29, 0.717) is 12.4 Å². The molecule has 0 saturated heterocycles. The zero-order valence-corrected chi connectivity index (χ0v) is 8.21. The Kier molecular flexibility index (Phi) is 3.71. The molecule has 0 radical (unpaired) electrons. The molecule has 1 N–H and O–H groups in total. The predicted molar refractivity (Wildman–Crippen MR) is 50.0 cm³/mol. The Morgan fingerprint density at radius 2 is 2.14 bits per heavy atom. The van der Waals surface area contributed by atoms with E-state index in [-0.39, 0.29) is 17.9 Å². The van der Waals surface area contributed by atoms with Gasteiger partial charge in [0.2, 0.25) is 0 Å². The lowest BCUT2D eigenvalue weighted by atomic mass is 10.2. The van der Waals surface area contributed by atoms with Crippen LogP contribution in [0.1, 0.15) is 12.5 Å². The fourth-order valence-electron chi connectivity index (χ4n) is 1.14. The minimum absolute atomic E-state index is 0.0833. The van der Waals surface area contributed by atoms with E-state index in [1.165, 1.54) is 19.2 Å². The number of ether oxygens (including phenoxy) is 2. The zero-order valence-electron chi connectivity index (χ0n) is 8.21. The van der Waals surface area contributed by atoms with Crippen LogP contribution in [0, 0.1) is 5.82 Å². The van der Waals surface area contributed by atoms with Crippen LogP contribution in [0.15, 0.2) is 12.1 Å². The van der Waals surface area contributed by atoms with Crippen LogP contribution >= 0.6 is 0 Å². The smallest absolute Gasteiger partial charge is 0.170 e. The standard InChI is InChI=1S/C10H13FO3/c1-3-14-8-4-7(6-12)10(11)9(5-8)13-2/h4-5,12H,3,6H2,1-2H3. The van der Waals surface area contributed by atoms with Gasteiger partial charge in [0.1, 0.15) is 5.75 Å². The van der Waals surface area contributed by atoms with Crippen molar-refractivity contribution in [3.8, 4) is 11.5 Å². The molecule has 0 aliphatic rings. The van der Waals surface area contributed by atoms with Crippen molar-refractivity contribution in [3.63, 3.8) is 0 Å². The molecule has 0 saturated carbocycles. The highest BCUT2D eigenvalue weighted by Crippen LogP contribution is 2.27. The minimum atomic E-state index is -0.543. The quantitative estimate of drug-likeness (QED) is 0.804. The average molecular weight is 200 g/mol. The normalized spacial score (nSPS) is 10.0. The third kappa shape index (κ3) is 2.14. The van der Waals surface area contributed by atoms with Crippen molar-refractivity contribution in [1.29, 1.82) is 0 Å². The molecule has 0 bridgehead atoms. The lowest BCUT2D eigenvalue weighted by Gasteiger charge is -2.09. The number of hydrogen-bond acceptors (Lipinski definition) is 3. The van der Waals surface area contributed by atoms with Crippen LogP contribution in [0.3, 0.4) is 0 Å². The summed E-state index contributed by atoms with van der Waals surface area (Å²) in [7, 11) is 1.37. The molecule has 1 aromatic rings. The van der Waals surface area contributed by atoms with Gasteiger partial charge in [-0.15, -0.1) is 0 Å². The molecule has 0 unspecified atom stereocenters. The Hall–Kier alpha value is -1.29. The van der Waals surface area contributed by atoms with Gasteiger partial charge in [-0.3, -0.25) is 0 Å². The van der Waals surface area contributed by atoms with Crippen molar-refractivity contribution < 1.29 is 19.0 Å². The van der Waals surface area contributed by atoms with Crippen molar-refractivity contribution in [2.75, 3.05) is 13.7 Å². The maximum absolute atomic E-state index is 13.4. The summed E-state index contributed by atoms with van der Waals surface area (Å²) in [5.41, 5.74) is 0.174. The first-order valence-corrected chi connectivity index (χ1v) is 4.33. The highest BCUT2D eigenvalue weighted by atomic mass is 19.1. The molecule has 0 amide bonds. The van der Waals surface area contributed by atoms with E-state index in [9.17, 15) is 4.39 Å². The molecule has 14 heavy (non-hydrogen) atoms. The number of aliphatic hydroxyl groups is 1. The van der Waals surface area contributed by atoms with Gasteiger partial charge in [0, 0.05) is 11.6 Å². The summed E-state index contributed by atoms with van der Waals surface area (Å²) in [5, 5.41) is 8.88. The van der Waals surface area contributed by atoms with Crippen LogP contribution in [0.25, 0.3) is 0 Å². The summed E-state index contributed by atoms with van der Waals surface area (Å²) in [4.78, 5) is 0. The second-order valence-corrected chi connectivity index (χ2v) is 2.69. The zero-order chi connectivity index (χ0) is 10.6. The summed E-state index contributed by atoms with van der Waals surface area (Å²) < 4.78 is 23.3. The van der Waals surface area contributed by atoms with Crippen LogP contribution in [-0.4, -0.2) is 18.8 Å². The van der Waals surface area contributed by atoms with Crippen molar-refractivity contribution in [3.05, 3.63) is 23.5 Å². The number of methoxy groups -OCH3 is 1. The average Bonchev–Trinajstić information content (AvgIpc) is 2.20. The van der Waals surface area contributed by atoms with Crippen LogP contribution in [0.5, 0.6) is 11.5 Å². The van der Waals surface area contributed by atoms with Gasteiger partial charge in [0.15, 0.2) is 11.6 Å². The maximum Gasteiger partial charge on any atom is 0.170 e. The molecular weight excluding hydrogens is 187 g/mol.